The minimum Gasteiger partial charge on any atom is -0.508 e. The number of anilines is 1. The van der Waals surface area contributed by atoms with E-state index < -0.39 is 12.1 Å². The number of phenols is 1. The van der Waals surface area contributed by atoms with Gasteiger partial charge in [0.15, 0.2) is 0 Å². The standard InChI is InChI=1S/C22H28N4O3/c1-13-8-17(27)10-19-18(13)11-20(26-19)22(29)25-14(2)21(28)24-12-16(23)9-15-6-4-3-5-7-15/h3-8,10,14,16,20,26-27H,9,11-12,23H2,1-2H3,(H,24,28)(H,25,29). The highest BCUT2D eigenvalue weighted by atomic mass is 16.3. The lowest BCUT2D eigenvalue weighted by Crippen LogP contribution is -2.51. The topological polar surface area (TPSA) is 116 Å². The quantitative estimate of drug-likeness (QED) is 0.483. The summed E-state index contributed by atoms with van der Waals surface area (Å²) < 4.78 is 0. The highest BCUT2D eigenvalue weighted by molar-refractivity contribution is 5.92. The summed E-state index contributed by atoms with van der Waals surface area (Å²) in [5.74, 6) is -0.364. The van der Waals surface area contributed by atoms with E-state index >= 15 is 0 Å². The van der Waals surface area contributed by atoms with Crippen LogP contribution in [0.2, 0.25) is 0 Å². The third-order valence-electron chi connectivity index (χ3n) is 5.14. The summed E-state index contributed by atoms with van der Waals surface area (Å²) in [7, 11) is 0. The maximum atomic E-state index is 12.6. The summed E-state index contributed by atoms with van der Waals surface area (Å²) in [4.78, 5) is 24.9. The van der Waals surface area contributed by atoms with E-state index in [1.807, 2.05) is 37.3 Å². The summed E-state index contributed by atoms with van der Waals surface area (Å²) in [5, 5.41) is 18.4. The minimum absolute atomic E-state index is 0.161. The van der Waals surface area contributed by atoms with Crippen LogP contribution >= 0.6 is 0 Å². The van der Waals surface area contributed by atoms with Gasteiger partial charge < -0.3 is 26.8 Å². The Balaban J connectivity index is 1.46. The zero-order valence-corrected chi connectivity index (χ0v) is 16.7. The molecule has 2 amide bonds. The van der Waals surface area contributed by atoms with Crippen LogP contribution in [0.15, 0.2) is 42.5 Å². The third-order valence-corrected chi connectivity index (χ3v) is 5.14. The van der Waals surface area contributed by atoms with Gasteiger partial charge in [0, 0.05) is 30.8 Å². The highest BCUT2D eigenvalue weighted by Gasteiger charge is 2.30. The Labute approximate surface area is 170 Å². The van der Waals surface area contributed by atoms with Crippen LogP contribution in [-0.2, 0) is 22.4 Å². The maximum Gasteiger partial charge on any atom is 0.243 e. The molecule has 1 aliphatic heterocycles. The molecule has 0 fully saturated rings. The lowest BCUT2D eigenvalue weighted by molar-refractivity contribution is -0.128. The van der Waals surface area contributed by atoms with Crippen LogP contribution in [0.25, 0.3) is 0 Å². The summed E-state index contributed by atoms with van der Waals surface area (Å²) in [6.45, 7) is 3.88. The summed E-state index contributed by atoms with van der Waals surface area (Å²) in [6, 6.07) is 11.8. The van der Waals surface area contributed by atoms with E-state index in [1.165, 1.54) is 0 Å². The Morgan fingerprint density at radius 3 is 2.72 bits per heavy atom. The average Bonchev–Trinajstić information content (AvgIpc) is 3.11. The van der Waals surface area contributed by atoms with Crippen LogP contribution in [0.3, 0.4) is 0 Å². The molecule has 0 saturated carbocycles. The van der Waals surface area contributed by atoms with Gasteiger partial charge in [0.1, 0.15) is 17.8 Å². The number of hydrogen-bond donors (Lipinski definition) is 5. The van der Waals surface area contributed by atoms with Gasteiger partial charge in [-0.3, -0.25) is 9.59 Å². The van der Waals surface area contributed by atoms with Gasteiger partial charge in [0.05, 0.1) is 0 Å². The first-order valence-corrected chi connectivity index (χ1v) is 9.80. The lowest BCUT2D eigenvalue weighted by Gasteiger charge is -2.19. The second-order valence-electron chi connectivity index (χ2n) is 7.62. The molecular formula is C22H28N4O3. The molecule has 1 heterocycles. The van der Waals surface area contributed by atoms with E-state index in [2.05, 4.69) is 16.0 Å². The predicted molar refractivity (Wildman–Crippen MR) is 113 cm³/mol. The van der Waals surface area contributed by atoms with Gasteiger partial charge in [-0.05, 0) is 43.0 Å². The average molecular weight is 396 g/mol. The fourth-order valence-corrected chi connectivity index (χ4v) is 3.55. The number of rotatable bonds is 7. The Morgan fingerprint density at radius 1 is 1.28 bits per heavy atom. The molecule has 1 aliphatic rings. The number of phenolic OH excluding ortho intramolecular Hbond substituents is 1. The van der Waals surface area contributed by atoms with E-state index in [4.69, 9.17) is 5.73 Å². The zero-order valence-electron chi connectivity index (χ0n) is 16.7. The van der Waals surface area contributed by atoms with Crippen molar-refractivity contribution in [1.82, 2.24) is 10.6 Å². The lowest BCUT2D eigenvalue weighted by atomic mass is 10.0. The smallest absolute Gasteiger partial charge is 0.243 e. The highest BCUT2D eigenvalue weighted by Crippen LogP contribution is 2.32. The van der Waals surface area contributed by atoms with Crippen LogP contribution in [-0.4, -0.2) is 41.6 Å². The van der Waals surface area contributed by atoms with E-state index in [1.54, 1.807) is 19.1 Å². The molecule has 3 rings (SSSR count). The molecule has 0 spiro atoms. The van der Waals surface area contributed by atoms with E-state index in [0.717, 1.165) is 22.4 Å². The van der Waals surface area contributed by atoms with Crippen LogP contribution in [0, 0.1) is 6.92 Å². The number of carbonyl (C=O) groups excluding carboxylic acids is 2. The number of benzene rings is 2. The molecule has 7 nitrogen and oxygen atoms in total. The fraction of sp³-hybridized carbons (Fsp3) is 0.364. The molecule has 154 valence electrons. The van der Waals surface area contributed by atoms with Crippen molar-refractivity contribution >= 4 is 17.5 Å². The third kappa shape index (κ3) is 5.26. The van der Waals surface area contributed by atoms with Crippen molar-refractivity contribution in [2.24, 2.45) is 5.73 Å². The van der Waals surface area contributed by atoms with Gasteiger partial charge >= 0.3 is 0 Å². The van der Waals surface area contributed by atoms with Crippen LogP contribution in [0.1, 0.15) is 23.6 Å². The first-order valence-electron chi connectivity index (χ1n) is 9.80. The number of fused-ring (bicyclic) bond motifs is 1. The number of amides is 2. The molecule has 0 aromatic heterocycles. The number of nitrogens with two attached hydrogens (primary N) is 1. The van der Waals surface area contributed by atoms with Crippen LogP contribution in [0.5, 0.6) is 5.75 Å². The second-order valence-corrected chi connectivity index (χ2v) is 7.62. The molecular weight excluding hydrogens is 368 g/mol. The Morgan fingerprint density at radius 2 is 2.00 bits per heavy atom. The van der Waals surface area contributed by atoms with Gasteiger partial charge in [0.25, 0.3) is 0 Å². The number of aryl methyl sites for hydroxylation is 1. The molecule has 7 heteroatoms. The monoisotopic (exact) mass is 396 g/mol. The normalized spacial score (nSPS) is 17.0. The molecule has 3 atom stereocenters. The molecule has 2 aromatic carbocycles. The van der Waals surface area contributed by atoms with Gasteiger partial charge in [-0.25, -0.2) is 0 Å². The zero-order chi connectivity index (χ0) is 21.0. The fourth-order valence-electron chi connectivity index (χ4n) is 3.55. The minimum atomic E-state index is -0.675. The maximum absolute atomic E-state index is 12.6. The van der Waals surface area contributed by atoms with Crippen molar-refractivity contribution in [3.63, 3.8) is 0 Å². The van der Waals surface area contributed by atoms with Crippen molar-refractivity contribution in [1.29, 1.82) is 0 Å². The Bertz CT molecular complexity index is 885. The van der Waals surface area contributed by atoms with Crippen molar-refractivity contribution in [3.8, 4) is 5.75 Å². The first kappa shape index (κ1) is 20.7. The molecule has 29 heavy (non-hydrogen) atoms. The van der Waals surface area contributed by atoms with Crippen molar-refractivity contribution in [2.45, 2.75) is 44.8 Å². The Kier molecular flexibility index (Phi) is 6.39. The predicted octanol–water partition coefficient (Wildman–Crippen LogP) is 1.23. The molecule has 3 unspecified atom stereocenters. The van der Waals surface area contributed by atoms with Gasteiger partial charge in [-0.2, -0.15) is 0 Å². The number of nitrogens with one attached hydrogen (secondary N) is 3. The first-order chi connectivity index (χ1) is 13.8. The van der Waals surface area contributed by atoms with Crippen molar-refractivity contribution in [2.75, 3.05) is 11.9 Å². The van der Waals surface area contributed by atoms with Crippen molar-refractivity contribution < 1.29 is 14.7 Å². The molecule has 0 saturated heterocycles. The molecule has 0 bridgehead atoms. The SMILES string of the molecule is Cc1cc(O)cc2c1CC(C(=O)NC(C)C(=O)NCC(N)Cc1ccccc1)N2. The molecule has 0 aliphatic carbocycles. The van der Waals surface area contributed by atoms with Gasteiger partial charge in [0.2, 0.25) is 11.8 Å². The van der Waals surface area contributed by atoms with E-state index in [0.29, 0.717) is 19.4 Å². The number of hydrogen-bond acceptors (Lipinski definition) is 5. The summed E-state index contributed by atoms with van der Waals surface area (Å²) in [5.41, 5.74) is 9.91. The molecule has 2 aromatic rings. The molecule has 6 N–H and O–H groups in total. The molecule has 0 radical (unpaired) electrons. The van der Waals surface area contributed by atoms with Gasteiger partial charge in [-0.15, -0.1) is 0 Å². The van der Waals surface area contributed by atoms with Crippen molar-refractivity contribution in [3.05, 3.63) is 59.2 Å². The van der Waals surface area contributed by atoms with E-state index in [-0.39, 0.29) is 23.6 Å². The van der Waals surface area contributed by atoms with Gasteiger partial charge in [-0.1, -0.05) is 30.3 Å². The second kappa shape index (κ2) is 8.96. The summed E-state index contributed by atoms with van der Waals surface area (Å²) >= 11 is 0. The largest absolute Gasteiger partial charge is 0.508 e. The van der Waals surface area contributed by atoms with E-state index in [9.17, 15) is 14.7 Å². The number of aromatic hydroxyl groups is 1. The van der Waals surface area contributed by atoms with Crippen LogP contribution in [0.4, 0.5) is 5.69 Å². The summed E-state index contributed by atoms with van der Waals surface area (Å²) in [6.07, 6.45) is 1.18. The van der Waals surface area contributed by atoms with Crippen LogP contribution < -0.4 is 21.7 Å². The Hall–Kier alpha value is -3.06. The number of carbonyl (C=O) groups is 2.